The Labute approximate surface area is 254 Å². The summed E-state index contributed by atoms with van der Waals surface area (Å²) in [6.07, 6.45) is 24.2. The molecule has 2 aliphatic heterocycles. The molecule has 0 fully saturated rings. The average molecular weight is 575 g/mol. The third-order valence-corrected chi connectivity index (χ3v) is 8.35. The Kier molecular flexibility index (Phi) is 20.3. The molecule has 2 aliphatic rings. The zero-order valence-corrected chi connectivity index (χ0v) is 27.6. The molecule has 0 unspecified atom stereocenters. The van der Waals surface area contributed by atoms with Crippen molar-refractivity contribution in [1.29, 1.82) is 0 Å². The van der Waals surface area contributed by atoms with Crippen LogP contribution in [0.1, 0.15) is 156 Å². The van der Waals surface area contributed by atoms with Crippen LogP contribution in [0.25, 0.3) is 0 Å². The van der Waals surface area contributed by atoms with E-state index >= 15 is 0 Å². The summed E-state index contributed by atoms with van der Waals surface area (Å²) >= 11 is 0. The summed E-state index contributed by atoms with van der Waals surface area (Å²) in [7, 11) is 0. The van der Waals surface area contributed by atoms with Crippen molar-refractivity contribution < 1.29 is 14.2 Å². The molecule has 0 saturated carbocycles. The summed E-state index contributed by atoms with van der Waals surface area (Å²) in [5.41, 5.74) is 0. The lowest BCUT2D eigenvalue weighted by Gasteiger charge is -2.41. The van der Waals surface area contributed by atoms with Crippen LogP contribution in [0.2, 0.25) is 0 Å². The van der Waals surface area contributed by atoms with Crippen LogP contribution in [0, 0.1) is 0 Å². The van der Waals surface area contributed by atoms with Gasteiger partial charge in [0.25, 0.3) is 0 Å². The number of ether oxygens (including phenoxy) is 3. The monoisotopic (exact) mass is 575 g/mol. The lowest BCUT2D eigenvalue weighted by atomic mass is 10.1. The third-order valence-electron chi connectivity index (χ3n) is 8.35. The minimum Gasteiger partial charge on any atom is -0.417 e. The van der Waals surface area contributed by atoms with E-state index in [1.165, 1.54) is 116 Å². The molecular weight excluding hydrogens is 508 g/mol. The second kappa shape index (κ2) is 23.2. The fraction of sp³-hybridized carbons (Fsp3) is 0.833. The highest BCUT2D eigenvalue weighted by molar-refractivity contribution is 5.33. The van der Waals surface area contributed by atoms with Crippen LogP contribution < -0.4 is 9.47 Å². The summed E-state index contributed by atoms with van der Waals surface area (Å²) in [5, 5.41) is 0. The average Bonchev–Trinajstić information content (AvgIpc) is 3.28. The Morgan fingerprint density at radius 3 is 1.20 bits per heavy atom. The topological polar surface area (TPSA) is 34.2 Å². The van der Waals surface area contributed by atoms with Crippen molar-refractivity contribution in [2.45, 2.75) is 162 Å². The molecule has 0 aromatic heterocycles. The van der Waals surface area contributed by atoms with E-state index in [1.54, 1.807) is 0 Å². The summed E-state index contributed by atoms with van der Waals surface area (Å²) in [6.45, 7) is 13.7. The maximum Gasteiger partial charge on any atom is 0.448 e. The number of hydrogen-bond donors (Lipinski definition) is 0. The summed E-state index contributed by atoms with van der Waals surface area (Å²) in [4.78, 5) is 4.88. The van der Waals surface area contributed by atoms with E-state index in [-0.39, 0.29) is 0 Å². The molecule has 41 heavy (non-hydrogen) atoms. The van der Waals surface area contributed by atoms with E-state index in [1.807, 2.05) is 24.3 Å². The van der Waals surface area contributed by atoms with Crippen LogP contribution in [-0.4, -0.2) is 48.8 Å². The van der Waals surface area contributed by atoms with Gasteiger partial charge < -0.3 is 9.47 Å². The SMILES string of the molecule is CCCCCCCN(CCCCCCC)COC1(N(CCCCCCC)CCCCCCC)Oc2ccc(cc2)O1. The number of benzene rings is 1. The van der Waals surface area contributed by atoms with Crippen LogP contribution in [-0.2, 0) is 4.74 Å². The first kappa shape index (κ1) is 35.9. The van der Waals surface area contributed by atoms with Crippen molar-refractivity contribution >= 4 is 0 Å². The molecule has 0 N–H and O–H groups in total. The van der Waals surface area contributed by atoms with Crippen molar-refractivity contribution in [3.8, 4) is 11.5 Å². The fourth-order valence-corrected chi connectivity index (χ4v) is 5.66. The molecule has 5 nitrogen and oxygen atoms in total. The highest BCUT2D eigenvalue weighted by Crippen LogP contribution is 2.34. The van der Waals surface area contributed by atoms with Gasteiger partial charge in [0.15, 0.2) is 0 Å². The summed E-state index contributed by atoms with van der Waals surface area (Å²) < 4.78 is 20.2. The van der Waals surface area contributed by atoms with Crippen molar-refractivity contribution in [2.24, 2.45) is 0 Å². The van der Waals surface area contributed by atoms with Crippen LogP contribution in [0.3, 0.4) is 0 Å². The van der Waals surface area contributed by atoms with E-state index < -0.39 is 6.10 Å². The Hall–Kier alpha value is -1.30. The molecule has 3 rings (SSSR count). The standard InChI is InChI=1S/C36H66N2O3/c1-5-9-13-17-21-29-37(30-22-18-14-10-6-2)33-39-36(40-34-25-26-35(41-36)28-27-34)38(31-23-19-15-11-7-3)32-24-20-16-12-8-4/h25-28H,5-24,29-33H2,1-4H3. The zero-order chi connectivity index (χ0) is 29.4. The molecule has 1 aromatic rings. The van der Waals surface area contributed by atoms with Crippen molar-refractivity contribution in [2.75, 3.05) is 32.9 Å². The van der Waals surface area contributed by atoms with Gasteiger partial charge in [0.05, 0.1) is 0 Å². The van der Waals surface area contributed by atoms with Gasteiger partial charge in [-0.15, -0.1) is 0 Å². The van der Waals surface area contributed by atoms with E-state index in [0.29, 0.717) is 6.73 Å². The minimum atomic E-state index is -1.21. The van der Waals surface area contributed by atoms with E-state index in [9.17, 15) is 0 Å². The molecule has 0 saturated heterocycles. The predicted octanol–water partition coefficient (Wildman–Crippen LogP) is 10.5. The van der Waals surface area contributed by atoms with Crippen molar-refractivity contribution in [1.82, 2.24) is 9.80 Å². The minimum absolute atomic E-state index is 0.532. The second-order valence-corrected chi connectivity index (χ2v) is 12.2. The van der Waals surface area contributed by atoms with Gasteiger partial charge in [-0.3, -0.25) is 9.64 Å². The Bertz CT molecular complexity index is 673. The van der Waals surface area contributed by atoms with Crippen molar-refractivity contribution in [3.05, 3.63) is 24.3 Å². The molecule has 0 radical (unpaired) electrons. The largest absolute Gasteiger partial charge is 0.448 e. The number of fused-ring (bicyclic) bond motifs is 4. The molecule has 2 bridgehead atoms. The molecule has 0 atom stereocenters. The van der Waals surface area contributed by atoms with Gasteiger partial charge >= 0.3 is 6.10 Å². The quantitative estimate of drug-likeness (QED) is 0.0734. The van der Waals surface area contributed by atoms with Gasteiger partial charge in [0.1, 0.15) is 18.2 Å². The Morgan fingerprint density at radius 1 is 0.488 bits per heavy atom. The zero-order valence-electron chi connectivity index (χ0n) is 27.6. The van der Waals surface area contributed by atoms with Gasteiger partial charge in [-0.05, 0) is 49.9 Å². The number of nitrogens with zero attached hydrogens (tertiary/aromatic N) is 2. The maximum absolute atomic E-state index is 6.85. The van der Waals surface area contributed by atoms with Crippen LogP contribution in [0.15, 0.2) is 24.3 Å². The van der Waals surface area contributed by atoms with Gasteiger partial charge in [0, 0.05) is 26.2 Å². The van der Waals surface area contributed by atoms with Crippen LogP contribution in [0.4, 0.5) is 0 Å². The molecular formula is C36H66N2O3. The van der Waals surface area contributed by atoms with Gasteiger partial charge in [-0.1, -0.05) is 130 Å². The van der Waals surface area contributed by atoms with E-state index in [4.69, 9.17) is 14.2 Å². The smallest absolute Gasteiger partial charge is 0.417 e. The maximum atomic E-state index is 6.85. The number of unbranched alkanes of at least 4 members (excludes halogenated alkanes) is 16. The Balaban J connectivity index is 2.14. The lowest BCUT2D eigenvalue weighted by Crippen LogP contribution is -2.60. The molecule has 0 amide bonds. The molecule has 2 heterocycles. The highest BCUT2D eigenvalue weighted by Gasteiger charge is 2.46. The molecule has 238 valence electrons. The first-order valence-electron chi connectivity index (χ1n) is 17.8. The number of hydrogen-bond acceptors (Lipinski definition) is 5. The summed E-state index contributed by atoms with van der Waals surface area (Å²) in [5.74, 6) is 1.64. The van der Waals surface area contributed by atoms with Gasteiger partial charge in [-0.2, -0.15) is 0 Å². The van der Waals surface area contributed by atoms with Crippen molar-refractivity contribution in [3.63, 3.8) is 0 Å². The molecule has 5 heteroatoms. The van der Waals surface area contributed by atoms with E-state index in [0.717, 1.165) is 50.5 Å². The third kappa shape index (κ3) is 15.1. The number of rotatable bonds is 28. The highest BCUT2D eigenvalue weighted by atomic mass is 16.9. The second-order valence-electron chi connectivity index (χ2n) is 12.2. The van der Waals surface area contributed by atoms with Gasteiger partial charge in [-0.25, -0.2) is 4.90 Å². The van der Waals surface area contributed by atoms with E-state index in [2.05, 4.69) is 37.5 Å². The van der Waals surface area contributed by atoms with Gasteiger partial charge in [0.2, 0.25) is 0 Å². The normalized spacial score (nSPS) is 14.0. The first-order valence-corrected chi connectivity index (χ1v) is 17.8. The first-order chi connectivity index (χ1) is 20.2. The van der Waals surface area contributed by atoms with Crippen LogP contribution in [0.5, 0.6) is 11.5 Å². The Morgan fingerprint density at radius 2 is 0.829 bits per heavy atom. The summed E-state index contributed by atoms with van der Waals surface area (Å²) in [6, 6.07) is 8.06. The molecule has 0 aliphatic carbocycles. The fourth-order valence-electron chi connectivity index (χ4n) is 5.66. The lowest BCUT2D eigenvalue weighted by molar-refractivity contribution is -0.387. The predicted molar refractivity (Wildman–Crippen MR) is 175 cm³/mol. The molecule has 1 aromatic carbocycles. The van der Waals surface area contributed by atoms with Crippen LogP contribution >= 0.6 is 0 Å². The molecule has 0 spiro atoms.